The van der Waals surface area contributed by atoms with Crippen molar-refractivity contribution in [2.24, 2.45) is 5.92 Å². The Bertz CT molecular complexity index is 602. The van der Waals surface area contributed by atoms with E-state index in [1.165, 1.54) is 0 Å². The SMILES string of the molecule is N#CCCC1C(=O)c2ccc(Br)cc2OC12CCOCC2. The van der Waals surface area contributed by atoms with Crippen molar-refractivity contribution in [2.75, 3.05) is 13.2 Å². The van der Waals surface area contributed by atoms with Crippen molar-refractivity contribution >= 4 is 21.7 Å². The second-order valence-corrected chi connectivity index (χ2v) is 6.45. The van der Waals surface area contributed by atoms with Gasteiger partial charge in [0, 0.05) is 23.7 Å². The second kappa shape index (κ2) is 5.78. The summed E-state index contributed by atoms with van der Waals surface area (Å²) in [6.45, 7) is 1.19. The van der Waals surface area contributed by atoms with Crippen molar-refractivity contribution in [3.63, 3.8) is 0 Å². The van der Waals surface area contributed by atoms with E-state index in [1.807, 2.05) is 12.1 Å². The molecule has 0 saturated carbocycles. The molecule has 0 aliphatic carbocycles. The van der Waals surface area contributed by atoms with Gasteiger partial charge in [0.2, 0.25) is 0 Å². The fourth-order valence-electron chi connectivity index (χ4n) is 3.27. The molecule has 1 atom stereocenters. The van der Waals surface area contributed by atoms with Crippen LogP contribution in [0.25, 0.3) is 0 Å². The number of carbonyl (C=O) groups is 1. The van der Waals surface area contributed by atoms with Crippen LogP contribution < -0.4 is 4.74 Å². The van der Waals surface area contributed by atoms with Crippen molar-refractivity contribution < 1.29 is 14.3 Å². The highest BCUT2D eigenvalue weighted by Crippen LogP contribution is 2.45. The van der Waals surface area contributed by atoms with E-state index < -0.39 is 5.60 Å². The predicted molar refractivity (Wildman–Crippen MR) is 80.2 cm³/mol. The number of ketones is 1. The smallest absolute Gasteiger partial charge is 0.173 e. The number of rotatable bonds is 2. The molecule has 1 fully saturated rings. The quantitative estimate of drug-likeness (QED) is 0.819. The van der Waals surface area contributed by atoms with E-state index in [0.717, 1.165) is 4.47 Å². The molecule has 5 heteroatoms. The fraction of sp³-hybridized carbons (Fsp3) is 0.500. The van der Waals surface area contributed by atoms with Crippen LogP contribution in [0.5, 0.6) is 5.75 Å². The van der Waals surface area contributed by atoms with Crippen LogP contribution in [0.1, 0.15) is 36.0 Å². The molecule has 4 nitrogen and oxygen atoms in total. The van der Waals surface area contributed by atoms with Crippen LogP contribution >= 0.6 is 15.9 Å². The number of hydrogen-bond acceptors (Lipinski definition) is 4. The maximum absolute atomic E-state index is 12.9. The highest BCUT2D eigenvalue weighted by molar-refractivity contribution is 9.10. The molecule has 1 saturated heterocycles. The first-order valence-corrected chi connectivity index (χ1v) is 7.93. The largest absolute Gasteiger partial charge is 0.486 e. The standard InChI is InChI=1S/C16H16BrNO3/c17-11-3-4-12-14(10-11)21-16(5-8-20-9-6-16)13(15(12)19)2-1-7-18/h3-4,10,13H,1-2,5-6,8-9H2. The van der Waals surface area contributed by atoms with Gasteiger partial charge >= 0.3 is 0 Å². The van der Waals surface area contributed by atoms with E-state index in [2.05, 4.69) is 22.0 Å². The molecule has 0 bridgehead atoms. The number of benzene rings is 1. The van der Waals surface area contributed by atoms with Crippen molar-refractivity contribution in [1.82, 2.24) is 0 Å². The van der Waals surface area contributed by atoms with Gasteiger partial charge in [0.1, 0.15) is 11.4 Å². The molecule has 1 spiro atoms. The van der Waals surface area contributed by atoms with Gasteiger partial charge in [-0.3, -0.25) is 4.79 Å². The molecule has 3 rings (SSSR count). The summed E-state index contributed by atoms with van der Waals surface area (Å²) in [5.41, 5.74) is 0.109. The highest BCUT2D eigenvalue weighted by atomic mass is 79.9. The highest BCUT2D eigenvalue weighted by Gasteiger charge is 2.49. The Kier molecular flexibility index (Phi) is 4.01. The predicted octanol–water partition coefficient (Wildman–Crippen LogP) is 3.49. The fourth-order valence-corrected chi connectivity index (χ4v) is 3.61. The lowest BCUT2D eigenvalue weighted by Gasteiger charge is -2.46. The zero-order chi connectivity index (χ0) is 14.9. The summed E-state index contributed by atoms with van der Waals surface area (Å²) in [4.78, 5) is 12.9. The van der Waals surface area contributed by atoms with E-state index >= 15 is 0 Å². The van der Waals surface area contributed by atoms with E-state index in [-0.39, 0.29) is 11.7 Å². The van der Waals surface area contributed by atoms with Crippen molar-refractivity contribution in [3.05, 3.63) is 28.2 Å². The minimum absolute atomic E-state index is 0.0981. The molecular weight excluding hydrogens is 334 g/mol. The zero-order valence-electron chi connectivity index (χ0n) is 11.6. The van der Waals surface area contributed by atoms with Crippen molar-refractivity contribution in [3.8, 4) is 11.8 Å². The number of hydrogen-bond donors (Lipinski definition) is 0. The average Bonchev–Trinajstić information content (AvgIpc) is 2.47. The molecule has 110 valence electrons. The van der Waals surface area contributed by atoms with Crippen LogP contribution in [0.15, 0.2) is 22.7 Å². The minimum atomic E-state index is -0.514. The van der Waals surface area contributed by atoms with Gasteiger partial charge in [-0.1, -0.05) is 15.9 Å². The van der Waals surface area contributed by atoms with Gasteiger partial charge in [-0.25, -0.2) is 0 Å². The summed E-state index contributed by atoms with van der Waals surface area (Å²) < 4.78 is 12.6. The molecule has 2 heterocycles. The normalized spacial score (nSPS) is 23.2. The number of carbonyl (C=O) groups excluding carboxylic acids is 1. The van der Waals surface area contributed by atoms with E-state index in [0.29, 0.717) is 50.2 Å². The van der Waals surface area contributed by atoms with Crippen molar-refractivity contribution in [1.29, 1.82) is 5.26 Å². The Hall–Kier alpha value is -1.38. The number of halogens is 1. The van der Waals surface area contributed by atoms with Crippen molar-refractivity contribution in [2.45, 2.75) is 31.3 Å². The molecule has 1 aromatic rings. The van der Waals surface area contributed by atoms with Gasteiger partial charge in [0.15, 0.2) is 5.78 Å². The number of ether oxygens (including phenoxy) is 2. The van der Waals surface area contributed by atoms with Gasteiger partial charge in [-0.05, 0) is 24.6 Å². The summed E-state index contributed by atoms with van der Waals surface area (Å²) in [6.07, 6.45) is 2.31. The first-order valence-electron chi connectivity index (χ1n) is 7.14. The van der Waals surface area contributed by atoms with Gasteiger partial charge in [0.25, 0.3) is 0 Å². The number of fused-ring (bicyclic) bond motifs is 1. The van der Waals surface area contributed by atoms with Crippen LogP contribution in [-0.2, 0) is 4.74 Å². The Morgan fingerprint density at radius 3 is 2.86 bits per heavy atom. The zero-order valence-corrected chi connectivity index (χ0v) is 13.2. The molecular formula is C16H16BrNO3. The van der Waals surface area contributed by atoms with Gasteiger partial charge in [-0.2, -0.15) is 5.26 Å². The van der Waals surface area contributed by atoms with E-state index in [9.17, 15) is 4.79 Å². The monoisotopic (exact) mass is 349 g/mol. The first kappa shape index (κ1) is 14.6. The van der Waals surface area contributed by atoms with Crippen LogP contribution in [0.3, 0.4) is 0 Å². The molecule has 21 heavy (non-hydrogen) atoms. The van der Waals surface area contributed by atoms with Gasteiger partial charge in [0.05, 0.1) is 30.8 Å². The summed E-state index contributed by atoms with van der Waals surface area (Å²) in [6, 6.07) is 7.65. The van der Waals surface area contributed by atoms with Crippen LogP contribution in [0.4, 0.5) is 0 Å². The summed E-state index contributed by atoms with van der Waals surface area (Å²) in [7, 11) is 0. The lowest BCUT2D eigenvalue weighted by molar-refractivity contribution is -0.0791. The van der Waals surface area contributed by atoms with E-state index in [1.54, 1.807) is 6.07 Å². The topological polar surface area (TPSA) is 59.3 Å². The molecule has 0 aromatic heterocycles. The van der Waals surface area contributed by atoms with Crippen LogP contribution in [0, 0.1) is 17.2 Å². The Labute approximate surface area is 132 Å². The Balaban J connectivity index is 2.02. The number of nitrogens with zero attached hydrogens (tertiary/aromatic N) is 1. The average molecular weight is 350 g/mol. The molecule has 0 N–H and O–H groups in total. The van der Waals surface area contributed by atoms with Gasteiger partial charge in [-0.15, -0.1) is 0 Å². The maximum atomic E-state index is 12.9. The molecule has 1 aromatic carbocycles. The Morgan fingerprint density at radius 1 is 1.38 bits per heavy atom. The summed E-state index contributed by atoms with van der Waals surface area (Å²) in [5.74, 6) is 0.486. The first-order chi connectivity index (χ1) is 10.2. The van der Waals surface area contributed by atoms with Crippen LogP contribution in [0.2, 0.25) is 0 Å². The number of Topliss-reactive ketones (excluding diaryl/α,β-unsaturated/α-hetero) is 1. The minimum Gasteiger partial charge on any atom is -0.486 e. The third-order valence-electron chi connectivity index (χ3n) is 4.36. The third kappa shape index (κ3) is 2.58. The van der Waals surface area contributed by atoms with Crippen LogP contribution in [-0.4, -0.2) is 24.6 Å². The molecule has 0 amide bonds. The lowest BCUT2D eigenvalue weighted by atomic mass is 9.72. The maximum Gasteiger partial charge on any atom is 0.173 e. The molecule has 0 radical (unpaired) electrons. The lowest BCUT2D eigenvalue weighted by Crippen LogP contribution is -2.53. The summed E-state index contributed by atoms with van der Waals surface area (Å²) in [5, 5.41) is 8.87. The van der Waals surface area contributed by atoms with Gasteiger partial charge < -0.3 is 9.47 Å². The van der Waals surface area contributed by atoms with E-state index in [4.69, 9.17) is 14.7 Å². The number of nitriles is 1. The molecule has 2 aliphatic heterocycles. The summed E-state index contributed by atoms with van der Waals surface area (Å²) >= 11 is 3.42. The second-order valence-electron chi connectivity index (χ2n) is 5.53. The third-order valence-corrected chi connectivity index (χ3v) is 4.85. The molecule has 1 unspecified atom stereocenters. The Morgan fingerprint density at radius 2 is 2.14 bits per heavy atom. The molecule has 2 aliphatic rings.